The molecule has 0 spiro atoms. The van der Waals surface area contributed by atoms with Gasteiger partial charge in [0.1, 0.15) is 0 Å². The molecule has 1 aliphatic carbocycles. The molecule has 1 aromatic carbocycles. The van der Waals surface area contributed by atoms with Crippen LogP contribution in [0.25, 0.3) is 0 Å². The molecule has 1 saturated heterocycles. The Morgan fingerprint density at radius 2 is 1.83 bits per heavy atom. The summed E-state index contributed by atoms with van der Waals surface area (Å²) in [7, 11) is 1.74. The number of aromatic amines is 1. The molecule has 3 amide bonds. The maximum absolute atomic E-state index is 13.8. The highest BCUT2D eigenvalue weighted by Gasteiger charge is 2.53. The van der Waals surface area contributed by atoms with E-state index in [2.05, 4.69) is 15.2 Å². The third-order valence-electron chi connectivity index (χ3n) is 7.23. The smallest absolute Gasteiger partial charge is 0.241 e. The molecule has 2 aliphatic rings. The van der Waals surface area contributed by atoms with Crippen molar-refractivity contribution in [2.75, 3.05) is 7.05 Å². The molecule has 3 heterocycles. The summed E-state index contributed by atoms with van der Waals surface area (Å²) in [5, 5.41) is 7.58. The Bertz CT molecular complexity index is 1240. The predicted octanol–water partition coefficient (Wildman–Crippen LogP) is 2.93. The number of hydrogen-bond donors (Lipinski definition) is 1. The lowest BCUT2D eigenvalue weighted by Gasteiger charge is -2.29. The molecular formula is C27H29N5O3. The van der Waals surface area contributed by atoms with E-state index in [4.69, 9.17) is 0 Å². The molecule has 1 unspecified atom stereocenters. The SMILES string of the molecule is CN(Cc1n[nH]c2c1CCCC2)C(=O)CC1(c2ccccc2)CC(=O)N(Cc2ccncc2)C1=O. The summed E-state index contributed by atoms with van der Waals surface area (Å²) in [4.78, 5) is 47.3. The van der Waals surface area contributed by atoms with E-state index < -0.39 is 5.41 Å². The van der Waals surface area contributed by atoms with E-state index in [-0.39, 0.29) is 37.1 Å². The first-order valence-electron chi connectivity index (χ1n) is 12.1. The van der Waals surface area contributed by atoms with Gasteiger partial charge in [-0.15, -0.1) is 0 Å². The monoisotopic (exact) mass is 471 g/mol. The fourth-order valence-electron chi connectivity index (χ4n) is 5.24. The number of hydrogen-bond acceptors (Lipinski definition) is 5. The van der Waals surface area contributed by atoms with Gasteiger partial charge >= 0.3 is 0 Å². The van der Waals surface area contributed by atoms with Crippen LogP contribution in [0.5, 0.6) is 0 Å². The van der Waals surface area contributed by atoms with Crippen molar-refractivity contribution in [3.05, 3.63) is 82.9 Å². The van der Waals surface area contributed by atoms with Gasteiger partial charge in [-0.1, -0.05) is 30.3 Å². The van der Waals surface area contributed by atoms with E-state index in [0.29, 0.717) is 12.1 Å². The van der Waals surface area contributed by atoms with Crippen molar-refractivity contribution in [3.63, 3.8) is 0 Å². The van der Waals surface area contributed by atoms with Gasteiger partial charge in [-0.3, -0.25) is 29.4 Å². The molecular weight excluding hydrogens is 442 g/mol. The molecule has 5 rings (SSSR count). The molecule has 0 radical (unpaired) electrons. The lowest BCUT2D eigenvalue weighted by atomic mass is 9.75. The summed E-state index contributed by atoms with van der Waals surface area (Å²) in [6, 6.07) is 12.8. The lowest BCUT2D eigenvalue weighted by Crippen LogP contribution is -2.42. The molecule has 35 heavy (non-hydrogen) atoms. The molecule has 1 fully saturated rings. The number of fused-ring (bicyclic) bond motifs is 1. The number of likely N-dealkylation sites (tertiary alicyclic amines) is 1. The number of carbonyl (C=O) groups is 3. The number of pyridine rings is 1. The fourth-order valence-corrected chi connectivity index (χ4v) is 5.24. The molecule has 2 aromatic heterocycles. The van der Waals surface area contributed by atoms with Crippen molar-refractivity contribution in [1.29, 1.82) is 0 Å². The number of carbonyl (C=O) groups excluding carboxylic acids is 3. The average molecular weight is 472 g/mol. The maximum atomic E-state index is 13.8. The van der Waals surface area contributed by atoms with Gasteiger partial charge in [0.2, 0.25) is 17.7 Å². The van der Waals surface area contributed by atoms with Crippen molar-refractivity contribution in [1.82, 2.24) is 25.0 Å². The summed E-state index contributed by atoms with van der Waals surface area (Å²) in [6.45, 7) is 0.538. The second-order valence-electron chi connectivity index (χ2n) is 9.53. The normalized spacial score (nSPS) is 19.6. The number of amides is 3. The zero-order chi connectivity index (χ0) is 24.4. The highest BCUT2D eigenvalue weighted by molar-refractivity contribution is 6.10. The Balaban J connectivity index is 1.40. The Kier molecular flexibility index (Phi) is 6.19. The van der Waals surface area contributed by atoms with Crippen LogP contribution in [0.1, 0.15) is 53.8 Å². The largest absolute Gasteiger partial charge is 0.340 e. The van der Waals surface area contributed by atoms with E-state index >= 15 is 0 Å². The van der Waals surface area contributed by atoms with Crippen LogP contribution in [0.4, 0.5) is 0 Å². The molecule has 8 nitrogen and oxygen atoms in total. The number of imide groups is 1. The first kappa shape index (κ1) is 23.0. The molecule has 1 N–H and O–H groups in total. The van der Waals surface area contributed by atoms with E-state index in [9.17, 15) is 14.4 Å². The zero-order valence-corrected chi connectivity index (χ0v) is 19.9. The summed E-state index contributed by atoms with van der Waals surface area (Å²) in [5.41, 5.74) is 3.55. The van der Waals surface area contributed by atoms with Crippen LogP contribution in [0.3, 0.4) is 0 Å². The first-order valence-corrected chi connectivity index (χ1v) is 12.1. The fraction of sp³-hybridized carbons (Fsp3) is 0.370. The van der Waals surface area contributed by atoms with Crippen molar-refractivity contribution >= 4 is 17.7 Å². The van der Waals surface area contributed by atoms with Gasteiger partial charge in [0.25, 0.3) is 0 Å². The number of nitrogens with zero attached hydrogens (tertiary/aromatic N) is 4. The maximum Gasteiger partial charge on any atom is 0.241 e. The number of nitrogens with one attached hydrogen (secondary N) is 1. The first-order chi connectivity index (χ1) is 17.0. The summed E-state index contributed by atoms with van der Waals surface area (Å²) in [5.74, 6) is -0.787. The number of rotatable bonds is 7. The van der Waals surface area contributed by atoms with E-state index in [1.54, 1.807) is 36.5 Å². The van der Waals surface area contributed by atoms with E-state index in [1.165, 1.54) is 10.5 Å². The Morgan fingerprint density at radius 1 is 1.09 bits per heavy atom. The van der Waals surface area contributed by atoms with Gasteiger partial charge in [0.05, 0.1) is 24.2 Å². The zero-order valence-electron chi connectivity index (χ0n) is 19.9. The molecule has 8 heteroatoms. The van der Waals surface area contributed by atoms with Crippen LogP contribution >= 0.6 is 0 Å². The molecule has 3 aromatic rings. The van der Waals surface area contributed by atoms with E-state index in [1.807, 2.05) is 30.3 Å². The highest BCUT2D eigenvalue weighted by Crippen LogP contribution is 2.41. The molecule has 1 aliphatic heterocycles. The average Bonchev–Trinajstić information content (AvgIpc) is 3.39. The van der Waals surface area contributed by atoms with Gasteiger partial charge in [0, 0.05) is 38.0 Å². The Labute approximate surface area is 204 Å². The summed E-state index contributed by atoms with van der Waals surface area (Å²) >= 11 is 0. The second-order valence-corrected chi connectivity index (χ2v) is 9.53. The van der Waals surface area contributed by atoms with Crippen molar-refractivity contribution in [2.24, 2.45) is 0 Å². The van der Waals surface area contributed by atoms with Gasteiger partial charge < -0.3 is 4.90 Å². The van der Waals surface area contributed by atoms with Gasteiger partial charge in [-0.2, -0.15) is 5.10 Å². The number of aromatic nitrogens is 3. The van der Waals surface area contributed by atoms with Crippen molar-refractivity contribution in [2.45, 2.75) is 57.0 Å². The predicted molar refractivity (Wildman–Crippen MR) is 129 cm³/mol. The minimum Gasteiger partial charge on any atom is -0.340 e. The van der Waals surface area contributed by atoms with Crippen molar-refractivity contribution < 1.29 is 14.4 Å². The summed E-state index contributed by atoms with van der Waals surface area (Å²) < 4.78 is 0. The van der Waals surface area contributed by atoms with Crippen LogP contribution in [-0.2, 0) is 45.7 Å². The second kappa shape index (κ2) is 9.44. The van der Waals surface area contributed by atoms with Gasteiger partial charge in [-0.05, 0) is 54.5 Å². The van der Waals surface area contributed by atoms with Crippen LogP contribution in [0.15, 0.2) is 54.9 Å². The molecule has 0 bridgehead atoms. The summed E-state index contributed by atoms with van der Waals surface area (Å²) in [6.07, 6.45) is 7.40. The number of aryl methyl sites for hydroxylation is 1. The molecule has 1 atom stereocenters. The van der Waals surface area contributed by atoms with Crippen LogP contribution < -0.4 is 0 Å². The lowest BCUT2D eigenvalue weighted by molar-refractivity contribution is -0.143. The van der Waals surface area contributed by atoms with E-state index in [0.717, 1.165) is 42.6 Å². The third kappa shape index (κ3) is 4.36. The minimum absolute atomic E-state index is 0.0295. The molecule has 0 saturated carbocycles. The van der Waals surface area contributed by atoms with Gasteiger partial charge in [-0.25, -0.2) is 0 Å². The number of benzene rings is 1. The minimum atomic E-state index is -1.22. The highest BCUT2D eigenvalue weighted by atomic mass is 16.2. The Hall–Kier alpha value is -3.81. The Morgan fingerprint density at radius 3 is 2.60 bits per heavy atom. The molecule has 180 valence electrons. The van der Waals surface area contributed by atoms with Crippen molar-refractivity contribution in [3.8, 4) is 0 Å². The third-order valence-corrected chi connectivity index (χ3v) is 7.23. The topological polar surface area (TPSA) is 99.3 Å². The van der Waals surface area contributed by atoms with Crippen LogP contribution in [-0.4, -0.2) is 49.8 Å². The standard InChI is InChI=1S/C27H29N5O3/c1-31(18-23-21-9-5-6-10-22(21)29-30-23)24(33)15-27(20-7-3-2-4-8-20)16-25(34)32(26(27)35)17-19-11-13-28-14-12-19/h2-4,7-8,11-14H,5-6,9-10,15-18H2,1H3,(H,29,30). The number of H-pyrrole nitrogens is 1. The quantitative estimate of drug-likeness (QED) is 0.534. The van der Waals surface area contributed by atoms with Gasteiger partial charge in [0.15, 0.2) is 0 Å². The van der Waals surface area contributed by atoms with Crippen LogP contribution in [0, 0.1) is 0 Å². The van der Waals surface area contributed by atoms with Crippen LogP contribution in [0.2, 0.25) is 0 Å².